The molecule has 1 saturated heterocycles. The predicted octanol–water partition coefficient (Wildman–Crippen LogP) is 3.04. The second-order valence-electron chi connectivity index (χ2n) is 8.15. The van der Waals surface area contributed by atoms with Gasteiger partial charge in [0, 0.05) is 25.6 Å². The number of ether oxygens (including phenoxy) is 1. The van der Waals surface area contributed by atoms with E-state index in [9.17, 15) is 8.42 Å². The molecule has 1 aliphatic carbocycles. The average Bonchev–Trinajstić information content (AvgIpc) is 3.24. The van der Waals surface area contributed by atoms with Crippen molar-refractivity contribution in [1.82, 2.24) is 10.6 Å². The fraction of sp³-hybridized carbons (Fsp3) is 0.650. The molecule has 3 aliphatic rings. The van der Waals surface area contributed by atoms with Gasteiger partial charge in [0.15, 0.2) is 15.8 Å². The molecule has 2 N–H and O–H groups in total. The number of nitrogens with one attached hydrogen (secondary N) is 2. The van der Waals surface area contributed by atoms with Crippen LogP contribution < -0.4 is 15.4 Å². The molecule has 1 spiro atoms. The average molecular weight is 519 g/mol. The highest BCUT2D eigenvalue weighted by atomic mass is 127. The maximum Gasteiger partial charge on any atom is 0.191 e. The van der Waals surface area contributed by atoms with Crippen molar-refractivity contribution in [2.75, 3.05) is 25.1 Å². The summed E-state index contributed by atoms with van der Waals surface area (Å²) in [4.78, 5) is 4.37. The number of guanidine groups is 1. The van der Waals surface area contributed by atoms with Crippen molar-refractivity contribution in [1.29, 1.82) is 0 Å². The molecule has 0 radical (unpaired) electrons. The van der Waals surface area contributed by atoms with Crippen molar-refractivity contribution in [3.05, 3.63) is 29.8 Å². The third-order valence-electron chi connectivity index (χ3n) is 6.13. The Hall–Kier alpha value is -1.03. The molecule has 2 heterocycles. The second kappa shape index (κ2) is 8.77. The van der Waals surface area contributed by atoms with Crippen LogP contribution in [0.1, 0.15) is 50.1 Å². The summed E-state index contributed by atoms with van der Waals surface area (Å²) >= 11 is 0. The lowest BCUT2D eigenvalue weighted by Crippen LogP contribution is -2.47. The summed E-state index contributed by atoms with van der Waals surface area (Å²) in [5.74, 6) is 2.45. The number of rotatable bonds is 3. The number of sulfone groups is 1. The Morgan fingerprint density at radius 2 is 2.04 bits per heavy atom. The van der Waals surface area contributed by atoms with E-state index >= 15 is 0 Å². The number of hydrogen-bond acceptors (Lipinski definition) is 4. The SMILES string of the molecule is CN=C(NCC1CCS(=O)(=O)C1)NC1CC2(CCCC2)Oc2ccccc21.I. The lowest BCUT2D eigenvalue weighted by atomic mass is 9.86. The van der Waals surface area contributed by atoms with Gasteiger partial charge in [-0.3, -0.25) is 4.99 Å². The van der Waals surface area contributed by atoms with Crippen molar-refractivity contribution >= 4 is 39.8 Å². The van der Waals surface area contributed by atoms with Crippen LogP contribution >= 0.6 is 24.0 Å². The number of para-hydroxylation sites is 1. The summed E-state index contributed by atoms with van der Waals surface area (Å²) in [5, 5.41) is 6.91. The molecule has 1 aromatic rings. The lowest BCUT2D eigenvalue weighted by Gasteiger charge is -2.40. The summed E-state index contributed by atoms with van der Waals surface area (Å²) < 4.78 is 29.8. The molecule has 156 valence electrons. The van der Waals surface area contributed by atoms with Crippen LogP contribution in [0.15, 0.2) is 29.3 Å². The molecule has 2 aliphatic heterocycles. The molecule has 4 rings (SSSR count). The number of hydrogen-bond donors (Lipinski definition) is 2. The topological polar surface area (TPSA) is 79.8 Å². The Morgan fingerprint density at radius 1 is 1.29 bits per heavy atom. The molecule has 0 bridgehead atoms. The van der Waals surface area contributed by atoms with Crippen molar-refractivity contribution in [3.63, 3.8) is 0 Å². The first-order valence-electron chi connectivity index (χ1n) is 9.94. The zero-order valence-corrected chi connectivity index (χ0v) is 19.5. The van der Waals surface area contributed by atoms with Crippen LogP contribution in [0.2, 0.25) is 0 Å². The van der Waals surface area contributed by atoms with Gasteiger partial charge < -0.3 is 15.4 Å². The summed E-state index contributed by atoms with van der Waals surface area (Å²) in [6.45, 7) is 0.634. The summed E-state index contributed by atoms with van der Waals surface area (Å²) in [7, 11) is -1.09. The van der Waals surface area contributed by atoms with E-state index in [0.29, 0.717) is 12.3 Å². The maximum absolute atomic E-state index is 11.7. The molecule has 28 heavy (non-hydrogen) atoms. The van der Waals surface area contributed by atoms with Crippen LogP contribution in [0.5, 0.6) is 5.75 Å². The second-order valence-corrected chi connectivity index (χ2v) is 10.4. The molecule has 1 saturated carbocycles. The standard InChI is InChI=1S/C20H29N3O3S.HI/c1-21-19(22-13-15-8-11-27(24,25)14-15)23-17-12-20(9-4-5-10-20)26-18-7-3-2-6-16(17)18;/h2-3,6-7,15,17H,4-5,8-14H2,1H3,(H2,21,22,23);1H. The van der Waals surface area contributed by atoms with Gasteiger partial charge in [-0.2, -0.15) is 0 Å². The Bertz CT molecular complexity index is 822. The molecule has 6 nitrogen and oxygen atoms in total. The number of fused-ring (bicyclic) bond motifs is 1. The minimum absolute atomic E-state index is 0. The number of nitrogens with zero attached hydrogens (tertiary/aromatic N) is 1. The number of benzene rings is 1. The van der Waals surface area contributed by atoms with E-state index in [0.717, 1.165) is 37.4 Å². The molecule has 2 unspecified atom stereocenters. The van der Waals surface area contributed by atoms with Crippen LogP contribution in [-0.2, 0) is 9.84 Å². The zero-order chi connectivity index (χ0) is 18.9. The predicted molar refractivity (Wildman–Crippen MR) is 122 cm³/mol. The van der Waals surface area contributed by atoms with E-state index in [2.05, 4.69) is 27.8 Å². The van der Waals surface area contributed by atoms with Gasteiger partial charge in [-0.1, -0.05) is 18.2 Å². The Labute approximate surface area is 184 Å². The quantitative estimate of drug-likeness (QED) is 0.365. The van der Waals surface area contributed by atoms with Gasteiger partial charge in [0.05, 0.1) is 17.5 Å². The highest BCUT2D eigenvalue weighted by Gasteiger charge is 2.43. The fourth-order valence-corrected chi connectivity index (χ4v) is 6.57. The lowest BCUT2D eigenvalue weighted by molar-refractivity contribution is 0.0396. The highest BCUT2D eigenvalue weighted by Crippen LogP contribution is 2.46. The van der Waals surface area contributed by atoms with Gasteiger partial charge in [0.1, 0.15) is 11.4 Å². The fourth-order valence-electron chi connectivity index (χ4n) is 4.71. The summed E-state index contributed by atoms with van der Waals surface area (Å²) in [5.41, 5.74) is 1.10. The van der Waals surface area contributed by atoms with Crippen LogP contribution in [-0.4, -0.2) is 45.1 Å². The van der Waals surface area contributed by atoms with Crippen LogP contribution in [0, 0.1) is 5.92 Å². The van der Waals surface area contributed by atoms with Crippen molar-refractivity contribution in [2.24, 2.45) is 10.9 Å². The summed E-state index contributed by atoms with van der Waals surface area (Å²) in [6.07, 6.45) is 6.31. The van der Waals surface area contributed by atoms with Gasteiger partial charge in [-0.15, -0.1) is 24.0 Å². The Kier molecular flexibility index (Phi) is 6.79. The highest BCUT2D eigenvalue weighted by molar-refractivity contribution is 14.0. The third kappa shape index (κ3) is 4.75. The van der Waals surface area contributed by atoms with E-state index in [4.69, 9.17) is 4.74 Å². The smallest absolute Gasteiger partial charge is 0.191 e. The minimum Gasteiger partial charge on any atom is -0.487 e. The molecule has 8 heteroatoms. The van der Waals surface area contributed by atoms with E-state index in [1.54, 1.807) is 7.05 Å². The maximum atomic E-state index is 11.7. The number of halogens is 1. The van der Waals surface area contributed by atoms with E-state index in [1.165, 1.54) is 18.4 Å². The normalized spacial score (nSPS) is 27.5. The van der Waals surface area contributed by atoms with Gasteiger partial charge in [-0.05, 0) is 44.1 Å². The van der Waals surface area contributed by atoms with Crippen molar-refractivity contribution in [3.8, 4) is 5.75 Å². The van der Waals surface area contributed by atoms with Crippen molar-refractivity contribution in [2.45, 2.75) is 50.2 Å². The first-order valence-corrected chi connectivity index (χ1v) is 11.8. The van der Waals surface area contributed by atoms with Crippen molar-refractivity contribution < 1.29 is 13.2 Å². The van der Waals surface area contributed by atoms with Crippen LogP contribution in [0.4, 0.5) is 0 Å². The monoisotopic (exact) mass is 519 g/mol. The molecule has 2 atom stereocenters. The first-order chi connectivity index (χ1) is 13.0. The van der Waals surface area contributed by atoms with Gasteiger partial charge in [0.2, 0.25) is 0 Å². The Balaban J connectivity index is 0.00000225. The van der Waals surface area contributed by atoms with E-state index in [1.807, 2.05) is 12.1 Å². The van der Waals surface area contributed by atoms with Crippen LogP contribution in [0.3, 0.4) is 0 Å². The van der Waals surface area contributed by atoms with Gasteiger partial charge in [0.25, 0.3) is 0 Å². The van der Waals surface area contributed by atoms with Gasteiger partial charge in [-0.25, -0.2) is 8.42 Å². The first kappa shape index (κ1) is 21.7. The number of aliphatic imine (C=N–C) groups is 1. The molecule has 0 amide bonds. The van der Waals surface area contributed by atoms with Gasteiger partial charge >= 0.3 is 0 Å². The molecular weight excluding hydrogens is 489 g/mol. The van der Waals surface area contributed by atoms with Crippen LogP contribution in [0.25, 0.3) is 0 Å². The zero-order valence-electron chi connectivity index (χ0n) is 16.3. The molecular formula is C20H30IN3O3S. The van der Waals surface area contributed by atoms with E-state index in [-0.39, 0.29) is 47.3 Å². The largest absolute Gasteiger partial charge is 0.487 e. The van der Waals surface area contributed by atoms with E-state index < -0.39 is 9.84 Å². The summed E-state index contributed by atoms with van der Waals surface area (Å²) in [6, 6.07) is 8.39. The minimum atomic E-state index is -2.85. The molecule has 1 aromatic carbocycles. The Morgan fingerprint density at radius 3 is 2.71 bits per heavy atom. The molecule has 2 fully saturated rings. The third-order valence-corrected chi connectivity index (χ3v) is 7.97. The molecule has 0 aromatic heterocycles.